The Labute approximate surface area is 240 Å². The van der Waals surface area contributed by atoms with Crippen LogP contribution in [0.25, 0.3) is 5.57 Å². The Balaban J connectivity index is 1.07. The van der Waals surface area contributed by atoms with Gasteiger partial charge >= 0.3 is 0 Å². The summed E-state index contributed by atoms with van der Waals surface area (Å²) in [6.45, 7) is 19.5. The van der Waals surface area contributed by atoms with Gasteiger partial charge in [0.05, 0.1) is 11.9 Å². The van der Waals surface area contributed by atoms with Crippen molar-refractivity contribution in [3.63, 3.8) is 0 Å². The molecule has 0 aliphatic heterocycles. The van der Waals surface area contributed by atoms with Crippen LogP contribution < -0.4 is 0 Å². The maximum absolute atomic E-state index is 5.30. The van der Waals surface area contributed by atoms with E-state index in [-0.39, 0.29) is 5.41 Å². The molecule has 11 atom stereocenters. The standard InChI is InChI=1S/C36H46N2S/c1-7-24-19(2)12-22(13-20(24)3)14-23-8-9-27-26-16-30-33-29-15-25(31-17-38-32(39)18-37-31)21(4)35(6,36(29,30)33)28(26)10-11-34(23,27)5/h15,17-18,22-23,26-30,33H,2,4,7-14,16H2,1,3,5-6H3,(H,38,39). The summed E-state index contributed by atoms with van der Waals surface area (Å²) in [4.78, 5) is 8.00. The molecule has 7 aliphatic carbocycles. The molecule has 206 valence electrons. The smallest absolute Gasteiger partial charge is 0.121 e. The van der Waals surface area contributed by atoms with Gasteiger partial charge in [0.15, 0.2) is 0 Å². The molecule has 0 bridgehead atoms. The minimum absolute atomic E-state index is 0.229. The molecule has 1 heterocycles. The van der Waals surface area contributed by atoms with Crippen LogP contribution >= 0.6 is 12.2 Å². The molecule has 7 aliphatic rings. The molecule has 0 aromatic carbocycles. The van der Waals surface area contributed by atoms with Crippen LogP contribution in [-0.4, -0.2) is 9.97 Å². The lowest BCUT2D eigenvalue weighted by Gasteiger charge is -2.60. The third-order valence-electron chi connectivity index (χ3n) is 14.4. The van der Waals surface area contributed by atoms with Crippen molar-refractivity contribution in [3.05, 3.63) is 64.3 Å². The van der Waals surface area contributed by atoms with Gasteiger partial charge in [0.2, 0.25) is 0 Å². The molecule has 39 heavy (non-hydrogen) atoms. The number of hydrogen-bond donors (Lipinski definition) is 1. The zero-order valence-corrected chi connectivity index (χ0v) is 25.3. The average Bonchev–Trinajstić information content (AvgIpc) is 3.74. The summed E-state index contributed by atoms with van der Waals surface area (Å²) in [6, 6.07) is 0. The number of aromatic nitrogens is 2. The Morgan fingerprint density at radius 1 is 1.10 bits per heavy atom. The lowest BCUT2D eigenvalue weighted by molar-refractivity contribution is -0.0854. The van der Waals surface area contributed by atoms with Crippen molar-refractivity contribution >= 4 is 17.8 Å². The molecule has 1 spiro atoms. The molecule has 1 N–H and O–H groups in total. The van der Waals surface area contributed by atoms with Crippen molar-refractivity contribution in [2.75, 3.05) is 0 Å². The molecule has 11 unspecified atom stereocenters. The van der Waals surface area contributed by atoms with E-state index >= 15 is 0 Å². The van der Waals surface area contributed by atoms with E-state index in [9.17, 15) is 0 Å². The molecule has 3 heteroatoms. The van der Waals surface area contributed by atoms with E-state index in [0.29, 0.717) is 15.5 Å². The molecule has 8 rings (SSSR count). The summed E-state index contributed by atoms with van der Waals surface area (Å²) in [5, 5.41) is 0. The molecule has 0 radical (unpaired) electrons. The molecule has 1 aromatic heterocycles. The van der Waals surface area contributed by atoms with Crippen LogP contribution in [-0.2, 0) is 0 Å². The Morgan fingerprint density at radius 2 is 1.92 bits per heavy atom. The first kappa shape index (κ1) is 25.0. The largest absolute Gasteiger partial charge is 0.350 e. The molecule has 0 amide bonds. The van der Waals surface area contributed by atoms with Gasteiger partial charge in [-0.15, -0.1) is 0 Å². The third kappa shape index (κ3) is 2.94. The van der Waals surface area contributed by atoms with Crippen molar-refractivity contribution in [1.82, 2.24) is 9.97 Å². The van der Waals surface area contributed by atoms with Gasteiger partial charge in [-0.05, 0) is 134 Å². The highest BCUT2D eigenvalue weighted by Gasteiger charge is 2.94. The lowest BCUT2D eigenvalue weighted by atomic mass is 9.43. The Hall–Kier alpha value is -1.74. The quantitative estimate of drug-likeness (QED) is 0.387. The van der Waals surface area contributed by atoms with Gasteiger partial charge in [0, 0.05) is 17.2 Å². The summed E-state index contributed by atoms with van der Waals surface area (Å²) in [5.41, 5.74) is 9.68. The van der Waals surface area contributed by atoms with Gasteiger partial charge in [-0.3, -0.25) is 4.98 Å². The van der Waals surface area contributed by atoms with Crippen LogP contribution in [0.5, 0.6) is 0 Å². The molecule has 5 fully saturated rings. The van der Waals surface area contributed by atoms with E-state index in [1.807, 2.05) is 6.20 Å². The van der Waals surface area contributed by atoms with Crippen molar-refractivity contribution in [1.29, 1.82) is 0 Å². The van der Waals surface area contributed by atoms with Gasteiger partial charge in [0.25, 0.3) is 0 Å². The predicted octanol–water partition coefficient (Wildman–Crippen LogP) is 9.51. The van der Waals surface area contributed by atoms with E-state index in [2.05, 4.69) is 45.3 Å². The van der Waals surface area contributed by atoms with Crippen LogP contribution in [0.4, 0.5) is 0 Å². The first-order valence-corrected chi connectivity index (χ1v) is 16.4. The molecular formula is C36H46N2S. The van der Waals surface area contributed by atoms with Crippen LogP contribution in [0.3, 0.4) is 0 Å². The molecule has 0 saturated heterocycles. The Morgan fingerprint density at radius 3 is 2.64 bits per heavy atom. The number of hydrogen-bond acceptors (Lipinski definition) is 2. The molecule has 5 saturated carbocycles. The summed E-state index contributed by atoms with van der Waals surface area (Å²) in [7, 11) is 0. The van der Waals surface area contributed by atoms with Crippen molar-refractivity contribution < 1.29 is 0 Å². The van der Waals surface area contributed by atoms with E-state index in [1.165, 1.54) is 68.1 Å². The van der Waals surface area contributed by atoms with Gasteiger partial charge in [-0.1, -0.05) is 63.4 Å². The average molecular weight is 539 g/mol. The second-order valence-electron chi connectivity index (χ2n) is 15.3. The summed E-state index contributed by atoms with van der Waals surface area (Å²) >= 11 is 5.30. The Kier molecular flexibility index (Phi) is 5.10. The van der Waals surface area contributed by atoms with E-state index in [0.717, 1.165) is 59.5 Å². The van der Waals surface area contributed by atoms with E-state index in [4.69, 9.17) is 23.8 Å². The first-order valence-electron chi connectivity index (χ1n) is 16.0. The molecule has 2 nitrogen and oxygen atoms in total. The molecular weight excluding hydrogens is 492 g/mol. The lowest BCUT2D eigenvalue weighted by Crippen LogP contribution is -2.54. The fourth-order valence-corrected chi connectivity index (χ4v) is 12.9. The fraction of sp³-hybridized carbons (Fsp3) is 0.667. The monoisotopic (exact) mass is 538 g/mol. The number of nitrogens with one attached hydrogen (secondary N) is 1. The zero-order chi connectivity index (χ0) is 27.1. The minimum atomic E-state index is 0.229. The number of fused-ring (bicyclic) bond motifs is 6. The Bertz CT molecular complexity index is 1410. The van der Waals surface area contributed by atoms with E-state index < -0.39 is 0 Å². The SMILES string of the molecule is C=C1CC(CC2CCC3C4CC5C6C7C=C(c8c[nH]c(=S)cn8)C(=C)C(C)(C4CCC23C)C756)CC(C)=C1CC. The topological polar surface area (TPSA) is 28.7 Å². The number of H-pyrrole nitrogens is 1. The van der Waals surface area contributed by atoms with Crippen LogP contribution in [0.1, 0.15) is 91.2 Å². The predicted molar refractivity (Wildman–Crippen MR) is 162 cm³/mol. The third-order valence-corrected chi connectivity index (χ3v) is 14.6. The summed E-state index contributed by atoms with van der Waals surface area (Å²) in [6.07, 6.45) is 18.7. The van der Waals surface area contributed by atoms with Crippen LogP contribution in [0, 0.1) is 68.2 Å². The second kappa shape index (κ2) is 7.96. The number of aromatic amines is 1. The van der Waals surface area contributed by atoms with Crippen molar-refractivity contribution in [2.24, 2.45) is 63.6 Å². The minimum Gasteiger partial charge on any atom is -0.350 e. The van der Waals surface area contributed by atoms with Gasteiger partial charge in [0.1, 0.15) is 4.64 Å². The second-order valence-corrected chi connectivity index (χ2v) is 15.7. The van der Waals surface area contributed by atoms with Gasteiger partial charge < -0.3 is 4.98 Å². The van der Waals surface area contributed by atoms with Crippen molar-refractivity contribution in [3.8, 4) is 0 Å². The highest BCUT2D eigenvalue weighted by molar-refractivity contribution is 7.71. The van der Waals surface area contributed by atoms with Crippen molar-refractivity contribution in [2.45, 2.75) is 85.5 Å². The normalized spacial score (nSPS) is 49.1. The summed E-state index contributed by atoms with van der Waals surface area (Å²) < 4.78 is 0.701. The zero-order valence-electron chi connectivity index (χ0n) is 24.5. The van der Waals surface area contributed by atoms with Crippen LogP contribution in [0.15, 0.2) is 53.9 Å². The summed E-state index contributed by atoms with van der Waals surface area (Å²) in [5.74, 6) is 6.87. The van der Waals surface area contributed by atoms with Gasteiger partial charge in [-0.2, -0.15) is 0 Å². The maximum atomic E-state index is 5.30. The van der Waals surface area contributed by atoms with E-state index in [1.54, 1.807) is 17.3 Å². The maximum Gasteiger partial charge on any atom is 0.121 e. The first-order chi connectivity index (χ1) is 18.7. The number of nitrogens with zero attached hydrogens (tertiary/aromatic N) is 1. The number of rotatable bonds is 4. The fourth-order valence-electron chi connectivity index (χ4n) is 12.8. The number of allylic oxidation sites excluding steroid dienone is 6. The molecule has 1 aromatic rings. The highest BCUT2D eigenvalue weighted by atomic mass is 32.1. The van der Waals surface area contributed by atoms with Gasteiger partial charge in [-0.25, -0.2) is 0 Å². The highest BCUT2D eigenvalue weighted by Crippen LogP contribution is 2.98. The van der Waals surface area contributed by atoms with Crippen LogP contribution in [0.2, 0.25) is 0 Å².